The van der Waals surface area contributed by atoms with Crippen LogP contribution in [0.1, 0.15) is 13.3 Å². The molecule has 0 spiro atoms. The number of hydrogen-bond acceptors (Lipinski definition) is 4. The molecule has 1 unspecified atom stereocenters. The standard InChI is InChI=1S/C7H14N4/c1-6-8-7-10(2)4-3-5-11(7)9-6/h7H,3-5H2,1-2H3,(H,8,9). The Labute approximate surface area is 66.9 Å². The SMILES string of the molecule is CC1=NC2N(C)CCCN2N1. The molecule has 0 bridgehead atoms. The van der Waals surface area contributed by atoms with Crippen LogP contribution >= 0.6 is 0 Å². The monoisotopic (exact) mass is 154 g/mol. The summed E-state index contributed by atoms with van der Waals surface area (Å²) in [5.74, 6) is 1.03. The molecule has 0 aromatic heterocycles. The third-order valence-corrected chi connectivity index (χ3v) is 2.20. The van der Waals surface area contributed by atoms with Gasteiger partial charge in [-0.05, 0) is 20.4 Å². The third kappa shape index (κ3) is 1.12. The van der Waals surface area contributed by atoms with E-state index in [1.54, 1.807) is 0 Å². The van der Waals surface area contributed by atoms with Gasteiger partial charge < -0.3 is 5.43 Å². The Balaban J connectivity index is 2.12. The third-order valence-electron chi connectivity index (χ3n) is 2.20. The van der Waals surface area contributed by atoms with E-state index in [1.165, 1.54) is 6.42 Å². The van der Waals surface area contributed by atoms with Gasteiger partial charge in [0.1, 0.15) is 5.84 Å². The predicted molar refractivity (Wildman–Crippen MR) is 44.0 cm³/mol. The molecule has 2 aliphatic rings. The van der Waals surface area contributed by atoms with Crippen molar-refractivity contribution in [2.24, 2.45) is 4.99 Å². The van der Waals surface area contributed by atoms with Gasteiger partial charge in [-0.2, -0.15) is 5.01 Å². The van der Waals surface area contributed by atoms with Gasteiger partial charge in [0, 0.05) is 13.1 Å². The fourth-order valence-corrected chi connectivity index (χ4v) is 1.65. The van der Waals surface area contributed by atoms with Crippen molar-refractivity contribution < 1.29 is 0 Å². The molecule has 11 heavy (non-hydrogen) atoms. The lowest BCUT2D eigenvalue weighted by atomic mass is 10.3. The van der Waals surface area contributed by atoms with Gasteiger partial charge in [0.2, 0.25) is 0 Å². The molecule has 2 heterocycles. The molecule has 2 rings (SSSR count). The van der Waals surface area contributed by atoms with Crippen LogP contribution in [-0.4, -0.2) is 42.2 Å². The topological polar surface area (TPSA) is 30.9 Å². The van der Waals surface area contributed by atoms with Crippen LogP contribution in [0.2, 0.25) is 0 Å². The number of rotatable bonds is 0. The van der Waals surface area contributed by atoms with Gasteiger partial charge in [0.15, 0.2) is 6.29 Å². The zero-order valence-corrected chi connectivity index (χ0v) is 7.04. The molecule has 1 N–H and O–H groups in total. The minimum Gasteiger partial charge on any atom is -0.304 e. The van der Waals surface area contributed by atoms with Crippen LogP contribution in [0.25, 0.3) is 0 Å². The average Bonchev–Trinajstić information content (AvgIpc) is 2.31. The summed E-state index contributed by atoms with van der Waals surface area (Å²) >= 11 is 0. The number of fused-ring (bicyclic) bond motifs is 1. The van der Waals surface area contributed by atoms with E-state index in [9.17, 15) is 0 Å². The summed E-state index contributed by atoms with van der Waals surface area (Å²) < 4.78 is 0. The molecule has 0 radical (unpaired) electrons. The maximum atomic E-state index is 4.45. The summed E-state index contributed by atoms with van der Waals surface area (Å²) in [7, 11) is 2.11. The van der Waals surface area contributed by atoms with Crippen LogP contribution in [0.5, 0.6) is 0 Å². The highest BCUT2D eigenvalue weighted by atomic mass is 15.7. The van der Waals surface area contributed by atoms with Crippen molar-refractivity contribution in [2.45, 2.75) is 19.6 Å². The van der Waals surface area contributed by atoms with E-state index in [-0.39, 0.29) is 6.29 Å². The van der Waals surface area contributed by atoms with E-state index in [0.29, 0.717) is 0 Å². The largest absolute Gasteiger partial charge is 0.304 e. The van der Waals surface area contributed by atoms with E-state index in [2.05, 4.69) is 27.4 Å². The van der Waals surface area contributed by atoms with Crippen LogP contribution in [-0.2, 0) is 0 Å². The molecule has 62 valence electrons. The summed E-state index contributed by atoms with van der Waals surface area (Å²) in [5.41, 5.74) is 3.23. The second-order valence-corrected chi connectivity index (χ2v) is 3.20. The first-order chi connectivity index (χ1) is 5.27. The highest BCUT2D eigenvalue weighted by molar-refractivity contribution is 5.80. The molecule has 4 nitrogen and oxygen atoms in total. The molecule has 1 fully saturated rings. The van der Waals surface area contributed by atoms with Crippen molar-refractivity contribution in [3.05, 3.63) is 0 Å². The van der Waals surface area contributed by atoms with Crippen molar-refractivity contribution in [1.29, 1.82) is 0 Å². The highest BCUT2D eigenvalue weighted by Crippen LogP contribution is 2.14. The number of amidine groups is 1. The molecule has 4 heteroatoms. The summed E-state index contributed by atoms with van der Waals surface area (Å²) in [6, 6.07) is 0. The molecular weight excluding hydrogens is 140 g/mol. The quantitative estimate of drug-likeness (QED) is 0.526. The second-order valence-electron chi connectivity index (χ2n) is 3.20. The van der Waals surface area contributed by atoms with Gasteiger partial charge in [-0.1, -0.05) is 0 Å². The zero-order valence-electron chi connectivity index (χ0n) is 7.04. The Morgan fingerprint density at radius 3 is 3.09 bits per heavy atom. The summed E-state index contributed by atoms with van der Waals surface area (Å²) in [4.78, 5) is 6.71. The fraction of sp³-hybridized carbons (Fsp3) is 0.857. The Hall–Kier alpha value is -0.610. The first kappa shape index (κ1) is 7.06. The van der Waals surface area contributed by atoms with Crippen molar-refractivity contribution in [1.82, 2.24) is 15.3 Å². The first-order valence-electron chi connectivity index (χ1n) is 4.05. The van der Waals surface area contributed by atoms with Gasteiger partial charge in [0.25, 0.3) is 0 Å². The summed E-state index contributed by atoms with van der Waals surface area (Å²) in [6.07, 6.45) is 1.48. The predicted octanol–water partition coefficient (Wildman–Crippen LogP) is -0.156. The Morgan fingerprint density at radius 2 is 2.36 bits per heavy atom. The second kappa shape index (κ2) is 2.46. The van der Waals surface area contributed by atoms with E-state index in [4.69, 9.17) is 0 Å². The zero-order chi connectivity index (χ0) is 7.84. The Bertz CT molecular complexity index is 189. The van der Waals surface area contributed by atoms with Gasteiger partial charge in [-0.25, -0.2) is 4.99 Å². The van der Waals surface area contributed by atoms with Crippen LogP contribution in [0.4, 0.5) is 0 Å². The molecule has 0 amide bonds. The normalized spacial score (nSPS) is 32.9. The molecule has 0 aromatic carbocycles. The number of nitrogens with one attached hydrogen (secondary N) is 1. The van der Waals surface area contributed by atoms with Gasteiger partial charge in [-0.3, -0.25) is 4.90 Å². The fourth-order valence-electron chi connectivity index (χ4n) is 1.65. The van der Waals surface area contributed by atoms with Crippen LogP contribution in [0.15, 0.2) is 4.99 Å². The van der Waals surface area contributed by atoms with Crippen molar-refractivity contribution >= 4 is 5.84 Å². The maximum Gasteiger partial charge on any atom is 0.176 e. The maximum absolute atomic E-state index is 4.45. The number of nitrogens with zero attached hydrogens (tertiary/aromatic N) is 3. The minimum absolute atomic E-state index is 0.253. The van der Waals surface area contributed by atoms with Crippen molar-refractivity contribution in [2.75, 3.05) is 20.1 Å². The molecule has 2 aliphatic heterocycles. The Kier molecular flexibility index (Phi) is 1.58. The molecule has 1 saturated heterocycles. The van der Waals surface area contributed by atoms with E-state index in [1.807, 2.05) is 6.92 Å². The van der Waals surface area contributed by atoms with Gasteiger partial charge >= 0.3 is 0 Å². The molecule has 1 atom stereocenters. The average molecular weight is 154 g/mol. The highest BCUT2D eigenvalue weighted by Gasteiger charge is 2.30. The molecule has 0 aromatic rings. The van der Waals surface area contributed by atoms with E-state index < -0.39 is 0 Å². The molecular formula is C7H14N4. The number of hydrazine groups is 1. The van der Waals surface area contributed by atoms with Crippen LogP contribution in [0, 0.1) is 0 Å². The van der Waals surface area contributed by atoms with Crippen molar-refractivity contribution in [3.63, 3.8) is 0 Å². The lowest BCUT2D eigenvalue weighted by Gasteiger charge is -2.34. The lowest BCUT2D eigenvalue weighted by molar-refractivity contribution is 0.0234. The summed E-state index contributed by atoms with van der Waals surface area (Å²) in [6.45, 7) is 4.27. The van der Waals surface area contributed by atoms with Crippen molar-refractivity contribution in [3.8, 4) is 0 Å². The minimum atomic E-state index is 0.253. The van der Waals surface area contributed by atoms with Gasteiger partial charge in [-0.15, -0.1) is 0 Å². The smallest absolute Gasteiger partial charge is 0.176 e. The first-order valence-corrected chi connectivity index (χ1v) is 4.05. The number of aliphatic imine (C=N–C) groups is 1. The summed E-state index contributed by atoms with van der Waals surface area (Å²) in [5, 5.41) is 2.18. The van der Waals surface area contributed by atoms with E-state index >= 15 is 0 Å². The van der Waals surface area contributed by atoms with Crippen LogP contribution < -0.4 is 5.43 Å². The lowest BCUT2D eigenvalue weighted by Crippen LogP contribution is -2.52. The van der Waals surface area contributed by atoms with Gasteiger partial charge in [0.05, 0.1) is 0 Å². The molecule has 0 aliphatic carbocycles. The Morgan fingerprint density at radius 1 is 1.55 bits per heavy atom. The number of hydrogen-bond donors (Lipinski definition) is 1. The van der Waals surface area contributed by atoms with Crippen LogP contribution in [0.3, 0.4) is 0 Å². The molecule has 0 saturated carbocycles. The van der Waals surface area contributed by atoms with E-state index in [0.717, 1.165) is 18.9 Å².